The predicted molar refractivity (Wildman–Crippen MR) is 106 cm³/mol. The van der Waals surface area contributed by atoms with Gasteiger partial charge in [0.1, 0.15) is 5.78 Å². The van der Waals surface area contributed by atoms with E-state index in [0.29, 0.717) is 0 Å². The van der Waals surface area contributed by atoms with Crippen LogP contribution < -0.4 is 4.13 Å². The zero-order chi connectivity index (χ0) is 30.3. The first kappa shape index (κ1) is 34.2. The summed E-state index contributed by atoms with van der Waals surface area (Å²) in [5, 5.41) is -5.71. The molecular formula is C15H17F9N2O9S3. The van der Waals surface area contributed by atoms with Gasteiger partial charge in [0.05, 0.1) is 13.0 Å². The fourth-order valence-corrected chi connectivity index (χ4v) is 6.79. The minimum absolute atomic E-state index is 0.381. The molecule has 0 aromatic rings. The first-order chi connectivity index (χ1) is 16.7. The van der Waals surface area contributed by atoms with Crippen molar-refractivity contribution in [1.29, 1.82) is 0 Å². The largest absolute Gasteiger partial charge is 0.512 e. The summed E-state index contributed by atoms with van der Waals surface area (Å²) < 4.78 is 189. The summed E-state index contributed by atoms with van der Waals surface area (Å²) >= 11 is 0. The van der Waals surface area contributed by atoms with Gasteiger partial charge in [-0.25, -0.2) is 25.3 Å². The van der Waals surface area contributed by atoms with E-state index in [1.165, 1.54) is 0 Å². The van der Waals surface area contributed by atoms with Crippen molar-refractivity contribution in [2.75, 3.05) is 19.7 Å². The van der Waals surface area contributed by atoms with Gasteiger partial charge in [-0.15, -0.1) is 0 Å². The van der Waals surface area contributed by atoms with Crippen molar-refractivity contribution in [3.05, 3.63) is 12.2 Å². The molecule has 1 rings (SSSR count). The first-order valence-corrected chi connectivity index (χ1v) is 13.9. The number of alkyl halides is 9. The van der Waals surface area contributed by atoms with Crippen molar-refractivity contribution in [3.8, 4) is 0 Å². The summed E-state index contributed by atoms with van der Waals surface area (Å²) in [7, 11) is -22.2. The average Bonchev–Trinajstić information content (AvgIpc) is 2.76. The van der Waals surface area contributed by atoms with Crippen LogP contribution in [-0.4, -0.2) is 87.9 Å². The van der Waals surface area contributed by atoms with Crippen LogP contribution in [0.2, 0.25) is 0 Å². The number of Topliss-reactive ketones (excluding diaryl/α,β-unsaturated/α-hetero) is 2. The van der Waals surface area contributed by atoms with Gasteiger partial charge >= 0.3 is 32.0 Å². The van der Waals surface area contributed by atoms with Crippen LogP contribution in [0.15, 0.2) is 12.2 Å². The fraction of sp³-hybridized carbons (Fsp3) is 0.733. The van der Waals surface area contributed by atoms with Crippen molar-refractivity contribution in [1.82, 2.24) is 8.43 Å². The number of piperidine rings is 1. The molecule has 0 amide bonds. The Hall–Kier alpha value is -1.82. The minimum atomic E-state index is -7.88. The number of ketones is 2. The number of nitrogens with one attached hydrogen (secondary N) is 1. The Morgan fingerprint density at radius 3 is 1.68 bits per heavy atom. The number of aliphatic hydroxyl groups is 1. The molecule has 0 unspecified atom stereocenters. The number of hydrogen-bond donors (Lipinski definition) is 2. The van der Waals surface area contributed by atoms with Crippen molar-refractivity contribution in [2.45, 2.75) is 41.2 Å². The van der Waals surface area contributed by atoms with Crippen molar-refractivity contribution in [3.63, 3.8) is 0 Å². The number of aliphatic hydroxyl groups excluding tert-OH is 1. The third kappa shape index (κ3) is 6.00. The molecule has 2 N–H and O–H groups in total. The molecule has 1 saturated heterocycles. The quantitative estimate of drug-likeness (QED) is 0.178. The second kappa shape index (κ2) is 10.6. The van der Waals surface area contributed by atoms with E-state index in [-0.39, 0.29) is 5.57 Å². The lowest BCUT2D eigenvalue weighted by Crippen LogP contribution is -2.65. The van der Waals surface area contributed by atoms with Crippen LogP contribution in [-0.2, 0) is 39.7 Å². The van der Waals surface area contributed by atoms with Crippen molar-refractivity contribution < 1.29 is 79.5 Å². The van der Waals surface area contributed by atoms with Crippen LogP contribution in [0.3, 0.4) is 0 Å². The van der Waals surface area contributed by atoms with Gasteiger partial charge in [-0.1, -0.05) is 10.7 Å². The van der Waals surface area contributed by atoms with Gasteiger partial charge in [0.2, 0.25) is 0 Å². The number of carbonyl (C=O) groups excluding carboxylic acids is 2. The Morgan fingerprint density at radius 2 is 1.29 bits per heavy atom. The average molecular weight is 636 g/mol. The second-order valence-electron chi connectivity index (χ2n) is 7.65. The lowest BCUT2D eigenvalue weighted by molar-refractivity contribution is -0.245. The Balaban J connectivity index is 3.23. The molecule has 0 aromatic heterocycles. The van der Waals surface area contributed by atoms with E-state index < -0.39 is 117 Å². The van der Waals surface area contributed by atoms with Crippen LogP contribution in [0.4, 0.5) is 39.5 Å². The number of hydrogen-bond acceptors (Lipinski definition) is 9. The standard InChI is InChI=1S/C15H17F9N2O9S3/c1-8(7-27)10(28)6-11(29)9-2-4-26(5-3-9)38(34,35)14(20,21)12(16,17)13(18,19)36(30,31)25-37(32,33)15(22,23)24/h9,25,27H,1-7H2. The van der Waals surface area contributed by atoms with Crippen LogP contribution in [0, 0.1) is 5.92 Å². The molecule has 222 valence electrons. The summed E-state index contributed by atoms with van der Waals surface area (Å²) in [6.45, 7) is -0.0919. The van der Waals surface area contributed by atoms with Gasteiger partial charge in [-0.3, -0.25) is 9.59 Å². The maximum absolute atomic E-state index is 14.3. The van der Waals surface area contributed by atoms with E-state index >= 15 is 0 Å². The highest BCUT2D eigenvalue weighted by atomic mass is 32.3. The van der Waals surface area contributed by atoms with Gasteiger partial charge in [-0.05, 0) is 12.8 Å². The molecule has 0 aromatic carbocycles. The summed E-state index contributed by atoms with van der Waals surface area (Å²) in [6.07, 6.45) is -2.28. The number of rotatable bonds is 12. The smallest absolute Gasteiger partial charge is 0.392 e. The molecule has 0 spiro atoms. The number of nitrogens with zero attached hydrogens (tertiary/aromatic N) is 1. The Kier molecular flexibility index (Phi) is 9.57. The number of halogens is 9. The van der Waals surface area contributed by atoms with E-state index in [1.807, 2.05) is 0 Å². The second-order valence-corrected chi connectivity index (χ2v) is 13.3. The highest BCUT2D eigenvalue weighted by Gasteiger charge is 2.83. The highest BCUT2D eigenvalue weighted by Crippen LogP contribution is 2.52. The van der Waals surface area contributed by atoms with Crippen LogP contribution in [0.1, 0.15) is 19.3 Å². The molecular weight excluding hydrogens is 619 g/mol. The molecule has 0 bridgehead atoms. The van der Waals surface area contributed by atoms with E-state index in [0.717, 1.165) is 0 Å². The molecule has 1 heterocycles. The van der Waals surface area contributed by atoms with Gasteiger partial charge in [0.25, 0.3) is 20.0 Å². The summed E-state index contributed by atoms with van der Waals surface area (Å²) in [4.78, 5) is 23.7. The molecule has 0 atom stereocenters. The van der Waals surface area contributed by atoms with E-state index in [4.69, 9.17) is 5.11 Å². The zero-order valence-corrected chi connectivity index (χ0v) is 20.8. The maximum atomic E-state index is 14.3. The van der Waals surface area contributed by atoms with Crippen LogP contribution in [0.5, 0.6) is 0 Å². The topological polar surface area (TPSA) is 172 Å². The normalized spacial score (nSPS) is 17.8. The molecule has 1 aliphatic rings. The van der Waals surface area contributed by atoms with E-state index in [1.54, 1.807) is 0 Å². The molecule has 0 aliphatic carbocycles. The molecule has 11 nitrogen and oxygen atoms in total. The van der Waals surface area contributed by atoms with Gasteiger partial charge in [-0.2, -0.15) is 43.8 Å². The third-order valence-corrected chi connectivity index (χ3v) is 10.3. The monoisotopic (exact) mass is 636 g/mol. The SMILES string of the molecule is C=C(CO)C(=O)CC(=O)C1CCN(S(=O)(=O)C(F)(F)C(F)(F)C(F)(F)S(=O)(=O)NS(=O)(=O)C(F)(F)F)CC1. The summed E-state index contributed by atoms with van der Waals surface area (Å²) in [5.41, 5.74) is -7.06. The summed E-state index contributed by atoms with van der Waals surface area (Å²) in [5.74, 6) is -10.6. The Labute approximate surface area is 208 Å². The fourth-order valence-electron chi connectivity index (χ4n) is 2.84. The van der Waals surface area contributed by atoms with Gasteiger partial charge in [0, 0.05) is 24.6 Å². The highest BCUT2D eigenvalue weighted by molar-refractivity contribution is 8.05. The Morgan fingerprint density at radius 1 is 0.842 bits per heavy atom. The lowest BCUT2D eigenvalue weighted by Gasteiger charge is -2.37. The van der Waals surface area contributed by atoms with E-state index in [9.17, 15) is 74.4 Å². The number of sulfonamides is 3. The molecule has 23 heteroatoms. The molecule has 0 radical (unpaired) electrons. The molecule has 0 saturated carbocycles. The van der Waals surface area contributed by atoms with Crippen molar-refractivity contribution >= 4 is 41.6 Å². The lowest BCUT2D eigenvalue weighted by atomic mass is 9.90. The molecule has 1 fully saturated rings. The van der Waals surface area contributed by atoms with E-state index in [2.05, 4.69) is 6.58 Å². The van der Waals surface area contributed by atoms with Crippen LogP contribution in [0.25, 0.3) is 0 Å². The maximum Gasteiger partial charge on any atom is 0.512 e. The van der Waals surface area contributed by atoms with Gasteiger partial charge < -0.3 is 5.11 Å². The van der Waals surface area contributed by atoms with Crippen LogP contribution >= 0.6 is 0 Å². The first-order valence-electron chi connectivity index (χ1n) is 9.53. The number of carbonyl (C=O) groups is 2. The molecule has 1 aliphatic heterocycles. The van der Waals surface area contributed by atoms with Crippen molar-refractivity contribution in [2.24, 2.45) is 5.92 Å². The Bertz CT molecular complexity index is 1290. The molecule has 38 heavy (non-hydrogen) atoms. The minimum Gasteiger partial charge on any atom is -0.392 e. The third-order valence-electron chi connectivity index (χ3n) is 5.09. The van der Waals surface area contributed by atoms with Gasteiger partial charge in [0.15, 0.2) is 5.78 Å². The summed E-state index contributed by atoms with van der Waals surface area (Å²) in [6, 6.07) is 0. The predicted octanol–water partition coefficient (Wildman–Crippen LogP) is 0.695. The zero-order valence-electron chi connectivity index (χ0n) is 18.3.